The number of aliphatic hydroxyl groups excluding tert-OH is 4. The molecule has 0 unspecified atom stereocenters. The zero-order valence-electron chi connectivity index (χ0n) is 17.6. The van der Waals surface area contributed by atoms with Gasteiger partial charge in [0.25, 0.3) is 0 Å². The number of aliphatic hydroxyl groups is 4. The van der Waals surface area contributed by atoms with Crippen molar-refractivity contribution in [3.8, 4) is 5.75 Å². The molecule has 9 heteroatoms. The Balaban J connectivity index is 1.83. The highest BCUT2D eigenvalue weighted by atomic mass is 35.5. The molecule has 0 saturated carbocycles. The maximum Gasteiger partial charge on any atom is 0.163 e. The molecule has 5 atom stereocenters. The normalized spacial score (nSPS) is 25.9. The molecule has 0 amide bonds. The van der Waals surface area contributed by atoms with Gasteiger partial charge in [0, 0.05) is 24.1 Å². The molecule has 1 aromatic heterocycles. The molecular weight excluding hydrogens is 441 g/mol. The maximum absolute atomic E-state index is 14.6. The summed E-state index contributed by atoms with van der Waals surface area (Å²) in [5.41, 5.74) is 2.58. The number of aryl methyl sites for hydroxylation is 1. The molecule has 4 rings (SSSR count). The van der Waals surface area contributed by atoms with E-state index in [1.807, 2.05) is 13.0 Å². The van der Waals surface area contributed by atoms with E-state index in [4.69, 9.17) is 21.1 Å². The highest BCUT2D eigenvalue weighted by Crippen LogP contribution is 2.37. The van der Waals surface area contributed by atoms with Gasteiger partial charge < -0.3 is 34.5 Å². The number of aromatic nitrogens is 1. The standard InChI is InChI=1S/C23H25ClFNO6/c1-11-5-15(24)19-13(7-12-3-4-14(31-2)8-16(12)25)9-26(17(19)6-11)23-22(30)21(29)20(28)18(10-27)32-23/h3-6,8-9,18,20-23,27-30H,7,10H2,1-2H3/t18-,20-,21+,22-,23-/m1/s1. The number of fused-ring (bicyclic) bond motifs is 1. The van der Waals surface area contributed by atoms with Crippen LogP contribution in [-0.2, 0) is 11.2 Å². The van der Waals surface area contributed by atoms with Gasteiger partial charge in [0.1, 0.15) is 36.0 Å². The molecule has 4 N–H and O–H groups in total. The van der Waals surface area contributed by atoms with Crippen LogP contribution in [0.25, 0.3) is 10.9 Å². The van der Waals surface area contributed by atoms with Gasteiger partial charge in [0.2, 0.25) is 0 Å². The van der Waals surface area contributed by atoms with Crippen molar-refractivity contribution < 1.29 is 34.3 Å². The van der Waals surface area contributed by atoms with Crippen LogP contribution in [0.4, 0.5) is 4.39 Å². The second-order valence-corrected chi connectivity index (χ2v) is 8.46. The summed E-state index contributed by atoms with van der Waals surface area (Å²) in [6.07, 6.45) is -4.71. The summed E-state index contributed by atoms with van der Waals surface area (Å²) >= 11 is 6.56. The lowest BCUT2D eigenvalue weighted by Crippen LogP contribution is -2.56. The van der Waals surface area contributed by atoms with E-state index >= 15 is 0 Å². The Kier molecular flexibility index (Phi) is 6.44. The van der Waals surface area contributed by atoms with Crippen LogP contribution in [0.1, 0.15) is 22.9 Å². The zero-order valence-corrected chi connectivity index (χ0v) is 18.3. The number of rotatable bonds is 5. The molecule has 32 heavy (non-hydrogen) atoms. The van der Waals surface area contributed by atoms with Crippen molar-refractivity contribution in [2.75, 3.05) is 13.7 Å². The number of hydrogen-bond donors (Lipinski definition) is 4. The zero-order chi connectivity index (χ0) is 23.2. The minimum atomic E-state index is -1.52. The molecule has 1 fully saturated rings. The van der Waals surface area contributed by atoms with Crippen molar-refractivity contribution in [3.05, 3.63) is 64.1 Å². The SMILES string of the molecule is COc1ccc(Cc2cn([C@@H]3O[C@H](CO)[C@@H](O)[C@H](O)[C@H]3O)c3cc(C)cc(Cl)c23)c(F)c1. The fourth-order valence-corrected chi connectivity index (χ4v) is 4.60. The monoisotopic (exact) mass is 465 g/mol. The van der Waals surface area contributed by atoms with Crippen LogP contribution in [-0.4, -0.2) is 63.1 Å². The van der Waals surface area contributed by atoms with E-state index in [0.717, 1.165) is 5.56 Å². The van der Waals surface area contributed by atoms with Gasteiger partial charge in [-0.15, -0.1) is 0 Å². The van der Waals surface area contributed by atoms with Crippen LogP contribution in [0.5, 0.6) is 5.75 Å². The molecule has 1 saturated heterocycles. The first kappa shape index (κ1) is 23.0. The van der Waals surface area contributed by atoms with Gasteiger partial charge in [-0.05, 0) is 41.8 Å². The van der Waals surface area contributed by atoms with Gasteiger partial charge in [0.15, 0.2) is 6.23 Å². The lowest BCUT2D eigenvalue weighted by Gasteiger charge is -2.40. The van der Waals surface area contributed by atoms with Gasteiger partial charge in [-0.1, -0.05) is 17.7 Å². The van der Waals surface area contributed by atoms with E-state index in [1.54, 1.807) is 29.0 Å². The van der Waals surface area contributed by atoms with Crippen molar-refractivity contribution >= 4 is 22.5 Å². The summed E-state index contributed by atoms with van der Waals surface area (Å²) in [6.45, 7) is 1.32. The first-order chi connectivity index (χ1) is 15.2. The number of benzene rings is 2. The third-order valence-electron chi connectivity index (χ3n) is 5.89. The van der Waals surface area contributed by atoms with Gasteiger partial charge in [-0.2, -0.15) is 0 Å². The van der Waals surface area contributed by atoms with E-state index in [-0.39, 0.29) is 6.42 Å². The molecule has 1 aliphatic rings. The van der Waals surface area contributed by atoms with Gasteiger partial charge in [0.05, 0.1) is 24.3 Å². The number of methoxy groups -OCH3 is 1. The fourth-order valence-electron chi connectivity index (χ4n) is 4.21. The van der Waals surface area contributed by atoms with Crippen molar-refractivity contribution in [3.63, 3.8) is 0 Å². The van der Waals surface area contributed by atoms with Crippen LogP contribution in [0.3, 0.4) is 0 Å². The number of nitrogens with zero attached hydrogens (tertiary/aromatic N) is 1. The van der Waals surface area contributed by atoms with Crippen LogP contribution >= 0.6 is 11.6 Å². The Morgan fingerprint density at radius 2 is 1.84 bits per heavy atom. The Bertz CT molecular complexity index is 1130. The average molecular weight is 466 g/mol. The first-order valence-corrected chi connectivity index (χ1v) is 10.6. The molecular formula is C23H25ClFNO6. The smallest absolute Gasteiger partial charge is 0.163 e. The van der Waals surface area contributed by atoms with Crippen LogP contribution in [0.2, 0.25) is 5.02 Å². The Morgan fingerprint density at radius 1 is 1.09 bits per heavy atom. The van der Waals surface area contributed by atoms with E-state index in [9.17, 15) is 24.8 Å². The molecule has 0 bridgehead atoms. The number of halogens is 2. The fraction of sp³-hybridized carbons (Fsp3) is 0.391. The van der Waals surface area contributed by atoms with Gasteiger partial charge in [-0.3, -0.25) is 0 Å². The second kappa shape index (κ2) is 8.97. The minimum absolute atomic E-state index is 0.208. The lowest BCUT2D eigenvalue weighted by atomic mass is 9.98. The molecule has 172 valence electrons. The first-order valence-electron chi connectivity index (χ1n) is 10.2. The van der Waals surface area contributed by atoms with Gasteiger partial charge in [-0.25, -0.2) is 4.39 Å². The third-order valence-corrected chi connectivity index (χ3v) is 6.19. The molecule has 7 nitrogen and oxygen atoms in total. The van der Waals surface area contributed by atoms with E-state index in [2.05, 4.69) is 0 Å². The quantitative estimate of drug-likeness (QED) is 0.461. The van der Waals surface area contributed by atoms with Crippen molar-refractivity contribution in [2.24, 2.45) is 0 Å². The average Bonchev–Trinajstić information content (AvgIpc) is 3.11. The second-order valence-electron chi connectivity index (χ2n) is 8.06. The summed E-state index contributed by atoms with van der Waals surface area (Å²) in [5, 5.41) is 41.6. The molecule has 3 aromatic rings. The molecule has 2 aromatic carbocycles. The van der Waals surface area contributed by atoms with Crippen molar-refractivity contribution in [1.29, 1.82) is 0 Å². The topological polar surface area (TPSA) is 104 Å². The van der Waals surface area contributed by atoms with E-state index in [0.29, 0.717) is 32.8 Å². The summed E-state index contributed by atoms with van der Waals surface area (Å²) in [5.74, 6) is -0.0232. The maximum atomic E-state index is 14.6. The van der Waals surface area contributed by atoms with E-state index < -0.39 is 43.1 Å². The highest BCUT2D eigenvalue weighted by molar-refractivity contribution is 6.35. The third kappa shape index (κ3) is 3.98. The Morgan fingerprint density at radius 3 is 2.50 bits per heavy atom. The van der Waals surface area contributed by atoms with Crippen LogP contribution < -0.4 is 4.74 Å². The summed E-state index contributed by atoms with van der Waals surface area (Å²) in [7, 11) is 1.46. The summed E-state index contributed by atoms with van der Waals surface area (Å²) in [6, 6.07) is 8.23. The number of hydrogen-bond acceptors (Lipinski definition) is 6. The van der Waals surface area contributed by atoms with Crippen LogP contribution in [0, 0.1) is 12.7 Å². The molecule has 0 aliphatic carbocycles. The number of ether oxygens (including phenoxy) is 2. The highest BCUT2D eigenvalue weighted by Gasteiger charge is 2.44. The lowest BCUT2D eigenvalue weighted by molar-refractivity contribution is -0.250. The summed E-state index contributed by atoms with van der Waals surface area (Å²) in [4.78, 5) is 0. The molecule has 1 aliphatic heterocycles. The molecule has 2 heterocycles. The largest absolute Gasteiger partial charge is 0.497 e. The molecule has 0 radical (unpaired) electrons. The van der Waals surface area contributed by atoms with Crippen LogP contribution in [0.15, 0.2) is 36.5 Å². The Hall–Kier alpha value is -2.20. The predicted molar refractivity (Wildman–Crippen MR) is 116 cm³/mol. The van der Waals surface area contributed by atoms with Crippen molar-refractivity contribution in [1.82, 2.24) is 4.57 Å². The Labute approximate surface area is 189 Å². The molecule has 0 spiro atoms. The van der Waals surface area contributed by atoms with Crippen molar-refractivity contribution in [2.45, 2.75) is 44.0 Å². The summed E-state index contributed by atoms with van der Waals surface area (Å²) < 4.78 is 27.0. The predicted octanol–water partition coefficient (Wildman–Crippen LogP) is 2.31. The van der Waals surface area contributed by atoms with Gasteiger partial charge >= 0.3 is 0 Å². The van der Waals surface area contributed by atoms with E-state index in [1.165, 1.54) is 13.2 Å². The minimum Gasteiger partial charge on any atom is -0.497 e.